The molecule has 8 heteroatoms. The predicted molar refractivity (Wildman–Crippen MR) is 96.7 cm³/mol. The lowest BCUT2D eigenvalue weighted by Crippen LogP contribution is -2.29. The van der Waals surface area contributed by atoms with Crippen molar-refractivity contribution in [3.8, 4) is 0 Å². The maximum atomic E-state index is 13.2. The second-order valence-electron chi connectivity index (χ2n) is 6.26. The van der Waals surface area contributed by atoms with E-state index < -0.39 is 29.3 Å². The van der Waals surface area contributed by atoms with Crippen LogP contribution in [0.25, 0.3) is 5.76 Å². The van der Waals surface area contributed by atoms with Crippen molar-refractivity contribution in [3.63, 3.8) is 0 Å². The third-order valence-corrected chi connectivity index (χ3v) is 4.42. The molecule has 1 amide bonds. The van der Waals surface area contributed by atoms with E-state index in [0.717, 1.165) is 17.0 Å². The zero-order chi connectivity index (χ0) is 19.8. The molecule has 1 fully saturated rings. The number of carbonyl (C=O) groups is 2. The first-order chi connectivity index (χ1) is 13.5. The van der Waals surface area contributed by atoms with Crippen LogP contribution in [0.15, 0.2) is 65.0 Å². The molecule has 4 rings (SSSR count). The summed E-state index contributed by atoms with van der Waals surface area (Å²) >= 11 is 0. The van der Waals surface area contributed by atoms with E-state index in [0.29, 0.717) is 11.3 Å². The average Bonchev–Trinajstić information content (AvgIpc) is 3.24. The Morgan fingerprint density at radius 3 is 2.57 bits per heavy atom. The summed E-state index contributed by atoms with van der Waals surface area (Å²) in [7, 11) is 0. The second kappa shape index (κ2) is 6.73. The number of halogens is 1. The first-order valence-electron chi connectivity index (χ1n) is 8.37. The lowest BCUT2D eigenvalue weighted by atomic mass is 9.96. The smallest absolute Gasteiger partial charge is 0.301 e. The van der Waals surface area contributed by atoms with Crippen molar-refractivity contribution < 1.29 is 23.6 Å². The molecule has 3 heterocycles. The minimum absolute atomic E-state index is 0.134. The number of nitrogens with zero attached hydrogens (tertiary/aromatic N) is 3. The number of carbonyl (C=O) groups excluding carboxylic acids is 2. The zero-order valence-electron chi connectivity index (χ0n) is 14.7. The fourth-order valence-electron chi connectivity index (χ4n) is 3.15. The van der Waals surface area contributed by atoms with E-state index in [9.17, 15) is 19.1 Å². The lowest BCUT2D eigenvalue weighted by Gasteiger charge is -2.22. The van der Waals surface area contributed by atoms with Crippen molar-refractivity contribution in [2.24, 2.45) is 0 Å². The largest absolute Gasteiger partial charge is 0.507 e. The second-order valence-corrected chi connectivity index (χ2v) is 6.26. The van der Waals surface area contributed by atoms with Gasteiger partial charge in [-0.15, -0.1) is 0 Å². The van der Waals surface area contributed by atoms with Gasteiger partial charge in [-0.1, -0.05) is 11.2 Å². The van der Waals surface area contributed by atoms with Gasteiger partial charge in [0.2, 0.25) is 0 Å². The van der Waals surface area contributed by atoms with E-state index in [1.807, 2.05) is 0 Å². The topological polar surface area (TPSA) is 96.5 Å². The average molecular weight is 379 g/mol. The van der Waals surface area contributed by atoms with Crippen LogP contribution in [0.5, 0.6) is 0 Å². The maximum absolute atomic E-state index is 13.2. The molecule has 1 atom stereocenters. The van der Waals surface area contributed by atoms with Gasteiger partial charge < -0.3 is 9.63 Å². The third-order valence-electron chi connectivity index (χ3n) is 4.42. The Kier molecular flexibility index (Phi) is 4.23. The lowest BCUT2D eigenvalue weighted by molar-refractivity contribution is -0.132. The monoisotopic (exact) mass is 379 g/mol. The molecule has 140 valence electrons. The fraction of sp³-hybridized carbons (Fsp3) is 0.100. The van der Waals surface area contributed by atoms with Crippen LogP contribution in [0.1, 0.15) is 22.9 Å². The number of ketones is 1. The molecular formula is C20H14FN3O4. The van der Waals surface area contributed by atoms with E-state index >= 15 is 0 Å². The Labute approximate surface area is 158 Å². The summed E-state index contributed by atoms with van der Waals surface area (Å²) in [6.07, 6.45) is 3.05. The number of hydrogen-bond acceptors (Lipinski definition) is 6. The van der Waals surface area contributed by atoms with Crippen molar-refractivity contribution >= 4 is 23.3 Å². The number of rotatable bonds is 3. The number of aromatic nitrogens is 2. The number of pyridine rings is 1. The molecule has 28 heavy (non-hydrogen) atoms. The van der Waals surface area contributed by atoms with E-state index in [-0.39, 0.29) is 17.0 Å². The number of hydrogen-bond donors (Lipinski definition) is 1. The highest BCUT2D eigenvalue weighted by Gasteiger charge is 2.48. The van der Waals surface area contributed by atoms with Gasteiger partial charge in [0.25, 0.3) is 5.78 Å². The van der Waals surface area contributed by atoms with Crippen molar-refractivity contribution in [1.82, 2.24) is 10.1 Å². The normalized spacial score (nSPS) is 18.6. The molecule has 1 unspecified atom stereocenters. The molecule has 1 aliphatic heterocycles. The number of amides is 1. The van der Waals surface area contributed by atoms with Crippen molar-refractivity contribution in [3.05, 3.63) is 83.1 Å². The van der Waals surface area contributed by atoms with Crippen LogP contribution >= 0.6 is 0 Å². The minimum Gasteiger partial charge on any atom is -0.507 e. The highest BCUT2D eigenvalue weighted by Crippen LogP contribution is 2.41. The molecule has 1 N–H and O–H groups in total. The molecule has 1 aromatic carbocycles. The quantitative estimate of drug-likeness (QED) is 0.427. The van der Waals surface area contributed by atoms with Crippen LogP contribution in [0, 0.1) is 12.7 Å². The van der Waals surface area contributed by atoms with Crippen molar-refractivity contribution in [1.29, 1.82) is 0 Å². The van der Waals surface area contributed by atoms with E-state index in [1.54, 1.807) is 25.3 Å². The molecule has 0 bridgehead atoms. The number of aliphatic hydroxyl groups is 1. The Bertz CT molecular complexity index is 1090. The van der Waals surface area contributed by atoms with Crippen LogP contribution in [0.3, 0.4) is 0 Å². The highest BCUT2D eigenvalue weighted by molar-refractivity contribution is 6.51. The Morgan fingerprint density at radius 2 is 1.96 bits per heavy atom. The highest BCUT2D eigenvalue weighted by atomic mass is 19.1. The Balaban J connectivity index is 1.93. The number of benzene rings is 1. The van der Waals surface area contributed by atoms with Gasteiger partial charge in [-0.3, -0.25) is 19.5 Å². The summed E-state index contributed by atoms with van der Waals surface area (Å²) in [4.78, 5) is 30.8. The van der Waals surface area contributed by atoms with Gasteiger partial charge in [0, 0.05) is 24.0 Å². The number of Topliss-reactive ketones (excluding diaryl/α,β-unsaturated/α-hetero) is 1. The van der Waals surface area contributed by atoms with Crippen LogP contribution in [-0.4, -0.2) is 26.9 Å². The number of anilines is 1. The molecule has 0 aliphatic carbocycles. The predicted octanol–water partition coefficient (Wildman–Crippen LogP) is 3.14. The fourth-order valence-corrected chi connectivity index (χ4v) is 3.15. The Hall–Kier alpha value is -3.81. The first kappa shape index (κ1) is 17.6. The summed E-state index contributed by atoms with van der Waals surface area (Å²) in [6, 6.07) is 8.88. The molecule has 3 aromatic rings. The molecule has 1 aliphatic rings. The van der Waals surface area contributed by atoms with Crippen LogP contribution < -0.4 is 4.90 Å². The summed E-state index contributed by atoms with van der Waals surface area (Å²) in [6.45, 7) is 1.66. The number of aryl methyl sites for hydroxylation is 1. The molecule has 0 radical (unpaired) electrons. The van der Waals surface area contributed by atoms with Crippen LogP contribution in [0.2, 0.25) is 0 Å². The van der Waals surface area contributed by atoms with Gasteiger partial charge in [0.05, 0.1) is 11.6 Å². The summed E-state index contributed by atoms with van der Waals surface area (Å²) < 4.78 is 18.3. The number of aliphatic hydroxyl groups excluding tert-OH is 1. The standard InChI is InChI=1S/C20H14FN3O4/c1-11-9-15(23-28-11)24-17(13-3-2-8-22-10-13)16(19(26)20(24)27)18(25)12-4-6-14(21)7-5-12/h2-10,17,25H,1H3/b18-16-. The SMILES string of the molecule is Cc1cc(N2C(=O)C(=O)/C(=C(\O)c3ccc(F)cc3)C2c2cccnc2)no1. The molecule has 1 saturated heterocycles. The van der Waals surface area contributed by atoms with Gasteiger partial charge in [0.15, 0.2) is 5.82 Å². The van der Waals surface area contributed by atoms with Gasteiger partial charge in [-0.25, -0.2) is 4.39 Å². The van der Waals surface area contributed by atoms with E-state index in [1.165, 1.54) is 24.4 Å². The molecular weight excluding hydrogens is 365 g/mol. The van der Waals surface area contributed by atoms with Crippen LogP contribution in [0.4, 0.5) is 10.2 Å². The first-order valence-corrected chi connectivity index (χ1v) is 8.37. The van der Waals surface area contributed by atoms with Crippen molar-refractivity contribution in [2.75, 3.05) is 4.90 Å². The summed E-state index contributed by atoms with van der Waals surface area (Å²) in [5.41, 5.74) is 0.584. The van der Waals surface area contributed by atoms with Crippen LogP contribution in [-0.2, 0) is 9.59 Å². The molecule has 0 spiro atoms. The molecule has 0 saturated carbocycles. The third kappa shape index (κ3) is 2.84. The minimum atomic E-state index is -0.955. The van der Waals surface area contributed by atoms with Gasteiger partial charge in [-0.2, -0.15) is 0 Å². The van der Waals surface area contributed by atoms with Gasteiger partial charge in [0.1, 0.15) is 17.3 Å². The van der Waals surface area contributed by atoms with Crippen molar-refractivity contribution in [2.45, 2.75) is 13.0 Å². The molecule has 2 aromatic heterocycles. The van der Waals surface area contributed by atoms with Gasteiger partial charge in [-0.05, 0) is 42.8 Å². The Morgan fingerprint density at radius 1 is 1.21 bits per heavy atom. The maximum Gasteiger partial charge on any atom is 0.301 e. The van der Waals surface area contributed by atoms with Gasteiger partial charge >= 0.3 is 5.91 Å². The van der Waals surface area contributed by atoms with E-state index in [2.05, 4.69) is 10.1 Å². The zero-order valence-corrected chi connectivity index (χ0v) is 14.7. The summed E-state index contributed by atoms with van der Waals surface area (Å²) in [5, 5.41) is 14.6. The van der Waals surface area contributed by atoms with E-state index in [4.69, 9.17) is 4.52 Å². The molecule has 7 nitrogen and oxygen atoms in total. The summed E-state index contributed by atoms with van der Waals surface area (Å²) in [5.74, 6) is -2.03.